The lowest BCUT2D eigenvalue weighted by Crippen LogP contribution is -2.21. The number of fused-ring (bicyclic) bond motifs is 1. The third kappa shape index (κ3) is 2.47. The van der Waals surface area contributed by atoms with Crippen LogP contribution in [0.15, 0.2) is 47.5 Å². The van der Waals surface area contributed by atoms with Gasteiger partial charge in [0.25, 0.3) is 0 Å². The Morgan fingerprint density at radius 1 is 1.10 bits per heavy atom. The number of aromatic carboxylic acids is 1. The zero-order chi connectivity index (χ0) is 13.9. The highest BCUT2D eigenvalue weighted by Crippen LogP contribution is 2.32. The zero-order valence-electron chi connectivity index (χ0n) is 10.4. The lowest BCUT2D eigenvalue weighted by Gasteiger charge is -2.01. The van der Waals surface area contributed by atoms with Gasteiger partial charge in [-0.3, -0.25) is 4.99 Å². The molecule has 0 bridgehead atoms. The van der Waals surface area contributed by atoms with Gasteiger partial charge in [0, 0.05) is 6.21 Å². The monoisotopic (exact) mass is 268 g/mol. The Kier molecular flexibility index (Phi) is 3.09. The summed E-state index contributed by atoms with van der Waals surface area (Å²) in [5.41, 5.74) is 1.66. The van der Waals surface area contributed by atoms with Crippen molar-refractivity contribution in [1.29, 1.82) is 0 Å². The van der Waals surface area contributed by atoms with Gasteiger partial charge in [-0.2, -0.15) is 0 Å². The lowest BCUT2D eigenvalue weighted by molar-refractivity contribution is -0.255. The molecule has 100 valence electrons. The maximum atomic E-state index is 10.6. The highest BCUT2D eigenvalue weighted by molar-refractivity contribution is 5.87. The predicted octanol–water partition coefficient (Wildman–Crippen LogP) is 1.53. The summed E-state index contributed by atoms with van der Waals surface area (Å²) >= 11 is 0. The van der Waals surface area contributed by atoms with E-state index in [0.29, 0.717) is 11.4 Å². The minimum Gasteiger partial charge on any atom is -0.545 e. The number of aliphatic imine (C=N–C) groups is 1. The standard InChI is InChI=1S/C15H11NO4/c17-15(18)11-2-4-12(5-3-11)16-8-10-1-6-13-14(7-10)20-9-19-13/h1-8H,9H2,(H,17,18)/p-1. The van der Waals surface area contributed by atoms with Crippen molar-refractivity contribution in [2.75, 3.05) is 6.79 Å². The van der Waals surface area contributed by atoms with E-state index < -0.39 is 5.97 Å². The molecule has 0 saturated carbocycles. The second kappa shape index (κ2) is 5.05. The quantitative estimate of drug-likeness (QED) is 0.791. The SMILES string of the molecule is O=C([O-])c1ccc(N=Cc2ccc3c(c2)OCO3)cc1. The highest BCUT2D eigenvalue weighted by atomic mass is 16.7. The van der Waals surface area contributed by atoms with Crippen LogP contribution in [-0.4, -0.2) is 19.0 Å². The molecule has 0 amide bonds. The molecule has 20 heavy (non-hydrogen) atoms. The van der Waals surface area contributed by atoms with Gasteiger partial charge in [-0.25, -0.2) is 0 Å². The molecule has 0 atom stereocenters. The van der Waals surface area contributed by atoms with E-state index in [-0.39, 0.29) is 12.4 Å². The summed E-state index contributed by atoms with van der Waals surface area (Å²) in [5.74, 6) is 0.220. The van der Waals surface area contributed by atoms with Gasteiger partial charge in [0.05, 0.1) is 11.7 Å². The maximum Gasteiger partial charge on any atom is 0.231 e. The van der Waals surface area contributed by atoms with Crippen LogP contribution in [0.5, 0.6) is 11.5 Å². The van der Waals surface area contributed by atoms with Gasteiger partial charge < -0.3 is 19.4 Å². The van der Waals surface area contributed by atoms with Gasteiger partial charge in [-0.05, 0) is 41.5 Å². The average molecular weight is 268 g/mol. The number of carbonyl (C=O) groups is 1. The molecule has 2 aromatic carbocycles. The molecule has 1 aliphatic rings. The topological polar surface area (TPSA) is 71.0 Å². The van der Waals surface area contributed by atoms with E-state index in [4.69, 9.17) is 9.47 Å². The summed E-state index contributed by atoms with van der Waals surface area (Å²) in [6.07, 6.45) is 1.68. The van der Waals surface area contributed by atoms with Crippen LogP contribution in [0.2, 0.25) is 0 Å². The zero-order valence-corrected chi connectivity index (χ0v) is 10.4. The molecule has 0 aromatic heterocycles. The predicted molar refractivity (Wildman–Crippen MR) is 70.6 cm³/mol. The van der Waals surface area contributed by atoms with Gasteiger partial charge in [0.2, 0.25) is 6.79 Å². The number of rotatable bonds is 3. The molecule has 5 nitrogen and oxygen atoms in total. The Labute approximate surface area is 115 Å². The Morgan fingerprint density at radius 2 is 1.85 bits per heavy atom. The van der Waals surface area contributed by atoms with E-state index in [1.807, 2.05) is 18.2 Å². The Hall–Kier alpha value is -2.82. The first-order valence-corrected chi connectivity index (χ1v) is 5.97. The summed E-state index contributed by atoms with van der Waals surface area (Å²) in [7, 11) is 0. The van der Waals surface area contributed by atoms with E-state index in [9.17, 15) is 9.90 Å². The number of hydrogen-bond donors (Lipinski definition) is 0. The van der Waals surface area contributed by atoms with E-state index in [0.717, 1.165) is 11.3 Å². The number of benzene rings is 2. The molecule has 0 spiro atoms. The first-order valence-electron chi connectivity index (χ1n) is 5.97. The van der Waals surface area contributed by atoms with Crippen LogP contribution < -0.4 is 14.6 Å². The lowest BCUT2D eigenvalue weighted by atomic mass is 10.2. The van der Waals surface area contributed by atoms with Crippen molar-refractivity contribution in [2.24, 2.45) is 4.99 Å². The molecule has 5 heteroatoms. The molecule has 0 radical (unpaired) electrons. The fraction of sp³-hybridized carbons (Fsp3) is 0.0667. The van der Waals surface area contributed by atoms with Gasteiger partial charge in [0.15, 0.2) is 11.5 Å². The van der Waals surface area contributed by atoms with Gasteiger partial charge in [-0.15, -0.1) is 0 Å². The molecule has 2 aromatic rings. The third-order valence-electron chi connectivity index (χ3n) is 2.86. The van der Waals surface area contributed by atoms with E-state index >= 15 is 0 Å². The first kappa shape index (κ1) is 12.2. The van der Waals surface area contributed by atoms with E-state index in [2.05, 4.69) is 4.99 Å². The number of carboxylic acids is 1. The van der Waals surface area contributed by atoms with Gasteiger partial charge >= 0.3 is 0 Å². The van der Waals surface area contributed by atoms with E-state index in [1.54, 1.807) is 18.3 Å². The van der Waals surface area contributed by atoms with Crippen molar-refractivity contribution in [2.45, 2.75) is 0 Å². The summed E-state index contributed by atoms with van der Waals surface area (Å²) in [6, 6.07) is 11.7. The van der Waals surface area contributed by atoms with Crippen molar-refractivity contribution in [1.82, 2.24) is 0 Å². The molecular weight excluding hydrogens is 258 g/mol. The minimum atomic E-state index is -1.20. The molecule has 1 aliphatic heterocycles. The fourth-order valence-electron chi connectivity index (χ4n) is 1.83. The highest BCUT2D eigenvalue weighted by Gasteiger charge is 2.12. The number of hydrogen-bond acceptors (Lipinski definition) is 5. The minimum absolute atomic E-state index is 0.132. The summed E-state index contributed by atoms with van der Waals surface area (Å²) in [5, 5.41) is 10.6. The normalized spacial score (nSPS) is 12.8. The third-order valence-corrected chi connectivity index (χ3v) is 2.86. The Bertz CT molecular complexity index is 677. The van der Waals surface area contributed by atoms with Crippen molar-refractivity contribution in [3.63, 3.8) is 0 Å². The number of ether oxygens (including phenoxy) is 2. The van der Waals surface area contributed by atoms with Crippen LogP contribution in [0.3, 0.4) is 0 Å². The van der Waals surface area contributed by atoms with Crippen molar-refractivity contribution in [3.8, 4) is 11.5 Å². The largest absolute Gasteiger partial charge is 0.545 e. The molecular formula is C15H10NO4-. The molecule has 0 saturated heterocycles. The van der Waals surface area contributed by atoms with Crippen molar-refractivity contribution >= 4 is 17.9 Å². The Morgan fingerprint density at radius 3 is 2.60 bits per heavy atom. The van der Waals surface area contributed by atoms with Crippen LogP contribution in [0, 0.1) is 0 Å². The van der Waals surface area contributed by atoms with Crippen LogP contribution in [0.4, 0.5) is 5.69 Å². The number of carboxylic acid groups (broad SMARTS) is 1. The second-order valence-electron chi connectivity index (χ2n) is 4.21. The van der Waals surface area contributed by atoms with Crippen molar-refractivity contribution < 1.29 is 19.4 Å². The van der Waals surface area contributed by atoms with Crippen LogP contribution in [0.25, 0.3) is 0 Å². The number of carbonyl (C=O) groups excluding carboxylic acids is 1. The molecule has 0 fully saturated rings. The first-order chi connectivity index (χ1) is 9.72. The van der Waals surface area contributed by atoms with Crippen LogP contribution in [0.1, 0.15) is 15.9 Å². The summed E-state index contributed by atoms with van der Waals surface area (Å²) in [4.78, 5) is 14.9. The summed E-state index contributed by atoms with van der Waals surface area (Å²) < 4.78 is 10.5. The molecule has 1 heterocycles. The van der Waals surface area contributed by atoms with Gasteiger partial charge in [-0.1, -0.05) is 12.1 Å². The molecule has 0 N–H and O–H groups in total. The fourth-order valence-corrected chi connectivity index (χ4v) is 1.83. The van der Waals surface area contributed by atoms with E-state index in [1.165, 1.54) is 12.1 Å². The second-order valence-corrected chi connectivity index (χ2v) is 4.21. The molecule has 3 rings (SSSR count). The van der Waals surface area contributed by atoms with Crippen LogP contribution in [-0.2, 0) is 0 Å². The average Bonchev–Trinajstić information content (AvgIpc) is 2.93. The molecule has 0 unspecified atom stereocenters. The van der Waals surface area contributed by atoms with Crippen molar-refractivity contribution in [3.05, 3.63) is 53.6 Å². The maximum absolute atomic E-state index is 10.6. The Balaban J connectivity index is 1.78. The van der Waals surface area contributed by atoms with Gasteiger partial charge in [0.1, 0.15) is 0 Å². The smallest absolute Gasteiger partial charge is 0.231 e. The number of nitrogens with zero attached hydrogens (tertiary/aromatic N) is 1. The molecule has 0 aliphatic carbocycles. The van der Waals surface area contributed by atoms with Crippen LogP contribution >= 0.6 is 0 Å². The summed E-state index contributed by atoms with van der Waals surface area (Å²) in [6.45, 7) is 0.237.